The first-order valence-corrected chi connectivity index (χ1v) is 9.71. The number of β-lactam (4-membered cyclic amide) rings is 1. The van der Waals surface area contributed by atoms with E-state index < -0.39 is 29.3 Å². The van der Waals surface area contributed by atoms with Gasteiger partial charge in [-0.25, -0.2) is 4.79 Å². The number of carbonyl (C=O) groups excluding carboxylic acids is 3. The summed E-state index contributed by atoms with van der Waals surface area (Å²) < 4.78 is 4.89. The number of aliphatic carboxylic acids is 1. The Morgan fingerprint density at radius 2 is 1.96 bits per heavy atom. The Hall–Kier alpha value is -2.81. The lowest BCUT2D eigenvalue weighted by Crippen LogP contribution is -2.70. The van der Waals surface area contributed by atoms with Crippen molar-refractivity contribution in [2.75, 3.05) is 12.4 Å². The number of amides is 2. The molecule has 2 amide bonds. The molecule has 2 atom stereocenters. The van der Waals surface area contributed by atoms with Gasteiger partial charge in [-0.15, -0.1) is 11.8 Å². The molecule has 0 bridgehead atoms. The summed E-state index contributed by atoms with van der Waals surface area (Å²) in [6, 6.07) is 6.75. The average Bonchev–Trinajstić information content (AvgIpc) is 2.65. The SMILES string of the molecule is CC(=O)OCC1=C(C(=O)O)N2C(=O)[C@@H](NC(=O)Cc3ccc(C)cc3)[C@H]2SC1. The quantitative estimate of drug-likeness (QED) is 0.534. The summed E-state index contributed by atoms with van der Waals surface area (Å²) >= 11 is 1.33. The molecule has 1 aromatic rings. The molecule has 0 radical (unpaired) electrons. The highest BCUT2D eigenvalue weighted by molar-refractivity contribution is 8.00. The fourth-order valence-electron chi connectivity index (χ4n) is 3.10. The van der Waals surface area contributed by atoms with Crippen LogP contribution in [0.5, 0.6) is 0 Å². The summed E-state index contributed by atoms with van der Waals surface area (Å²) in [5.41, 5.74) is 2.11. The Kier molecular flexibility index (Phi) is 5.73. The number of rotatable bonds is 6. The van der Waals surface area contributed by atoms with Crippen LogP contribution in [0.2, 0.25) is 0 Å². The molecule has 9 heteroatoms. The summed E-state index contributed by atoms with van der Waals surface area (Å²) in [5.74, 6) is -2.26. The zero-order valence-corrected chi connectivity index (χ0v) is 16.2. The maximum Gasteiger partial charge on any atom is 0.352 e. The minimum absolute atomic E-state index is 0.140. The number of thioether (sulfide) groups is 1. The van der Waals surface area contributed by atoms with Crippen LogP contribution in [-0.4, -0.2) is 57.5 Å². The van der Waals surface area contributed by atoms with Crippen molar-refractivity contribution in [3.8, 4) is 0 Å². The van der Waals surface area contributed by atoms with Crippen LogP contribution in [0.4, 0.5) is 0 Å². The van der Waals surface area contributed by atoms with Crippen molar-refractivity contribution < 1.29 is 29.0 Å². The number of nitrogens with zero attached hydrogens (tertiary/aromatic N) is 1. The third-order valence-electron chi connectivity index (χ3n) is 4.50. The van der Waals surface area contributed by atoms with Gasteiger partial charge in [0.05, 0.1) is 6.42 Å². The molecule has 1 aromatic carbocycles. The van der Waals surface area contributed by atoms with Gasteiger partial charge in [-0.1, -0.05) is 29.8 Å². The minimum atomic E-state index is -1.26. The summed E-state index contributed by atoms with van der Waals surface area (Å²) in [6.45, 7) is 3.01. The molecule has 2 N–H and O–H groups in total. The van der Waals surface area contributed by atoms with Gasteiger partial charge in [-0.05, 0) is 12.5 Å². The van der Waals surface area contributed by atoms with Crippen molar-refractivity contribution in [1.29, 1.82) is 0 Å². The average molecular weight is 404 g/mol. The molecule has 148 valence electrons. The zero-order valence-electron chi connectivity index (χ0n) is 15.4. The molecule has 0 saturated carbocycles. The molecule has 1 saturated heterocycles. The van der Waals surface area contributed by atoms with Gasteiger partial charge in [-0.3, -0.25) is 19.3 Å². The summed E-state index contributed by atoms with van der Waals surface area (Å²) in [5, 5.41) is 11.7. The zero-order chi connectivity index (χ0) is 20.4. The predicted octanol–water partition coefficient (Wildman–Crippen LogP) is 0.839. The molecule has 1 fully saturated rings. The fourth-order valence-corrected chi connectivity index (χ4v) is 4.43. The van der Waals surface area contributed by atoms with E-state index in [-0.39, 0.29) is 24.6 Å². The lowest BCUT2D eigenvalue weighted by atomic mass is 10.0. The molecule has 8 nitrogen and oxygen atoms in total. The van der Waals surface area contributed by atoms with Gasteiger partial charge in [0, 0.05) is 18.2 Å². The van der Waals surface area contributed by atoms with Crippen molar-refractivity contribution in [1.82, 2.24) is 10.2 Å². The number of aryl methyl sites for hydroxylation is 1. The molecule has 2 aliphatic heterocycles. The molecule has 28 heavy (non-hydrogen) atoms. The van der Waals surface area contributed by atoms with Crippen molar-refractivity contribution in [2.24, 2.45) is 0 Å². The number of carboxylic acids is 1. The van der Waals surface area contributed by atoms with Crippen molar-refractivity contribution in [2.45, 2.75) is 31.7 Å². The number of nitrogens with one attached hydrogen (secondary N) is 1. The number of carboxylic acid groups (broad SMARTS) is 1. The molecule has 3 rings (SSSR count). The minimum Gasteiger partial charge on any atom is -0.477 e. The third kappa shape index (κ3) is 4.04. The Labute approximate surface area is 165 Å². The number of hydrogen-bond donors (Lipinski definition) is 2. The number of ether oxygens (including phenoxy) is 1. The van der Waals surface area contributed by atoms with Gasteiger partial charge < -0.3 is 15.2 Å². The van der Waals surface area contributed by atoms with E-state index in [1.54, 1.807) is 0 Å². The number of benzene rings is 1. The first-order chi connectivity index (χ1) is 13.3. The second-order valence-electron chi connectivity index (χ2n) is 6.65. The number of hydrogen-bond acceptors (Lipinski definition) is 6. The maximum absolute atomic E-state index is 12.5. The predicted molar refractivity (Wildman–Crippen MR) is 101 cm³/mol. The maximum atomic E-state index is 12.5. The van der Waals surface area contributed by atoms with E-state index >= 15 is 0 Å². The second-order valence-corrected chi connectivity index (χ2v) is 7.76. The van der Waals surface area contributed by atoms with Crippen molar-refractivity contribution in [3.63, 3.8) is 0 Å². The molecular formula is C19H20N2O6S. The number of fused-ring (bicyclic) bond motifs is 1. The molecule has 0 unspecified atom stereocenters. The smallest absolute Gasteiger partial charge is 0.352 e. The van der Waals surface area contributed by atoms with E-state index in [9.17, 15) is 24.3 Å². The first-order valence-electron chi connectivity index (χ1n) is 8.66. The highest BCUT2D eigenvalue weighted by atomic mass is 32.2. The molecule has 0 aliphatic carbocycles. The van der Waals surface area contributed by atoms with E-state index in [2.05, 4.69) is 5.32 Å². The highest BCUT2D eigenvalue weighted by Gasteiger charge is 2.54. The summed E-state index contributed by atoms with van der Waals surface area (Å²) in [6.07, 6.45) is 0.140. The van der Waals surface area contributed by atoms with Gasteiger partial charge in [0.2, 0.25) is 5.91 Å². The lowest BCUT2D eigenvalue weighted by Gasteiger charge is -2.49. The number of carbonyl (C=O) groups is 4. The highest BCUT2D eigenvalue weighted by Crippen LogP contribution is 2.40. The van der Waals surface area contributed by atoms with Crippen LogP contribution in [0.15, 0.2) is 35.5 Å². The van der Waals surface area contributed by atoms with E-state index in [1.807, 2.05) is 31.2 Å². The van der Waals surface area contributed by atoms with Gasteiger partial charge in [-0.2, -0.15) is 0 Å². The molecule has 0 spiro atoms. The van der Waals surface area contributed by atoms with E-state index in [4.69, 9.17) is 4.74 Å². The van der Waals surface area contributed by atoms with E-state index in [1.165, 1.54) is 18.7 Å². The van der Waals surface area contributed by atoms with Gasteiger partial charge in [0.1, 0.15) is 23.7 Å². The standard InChI is InChI=1S/C19H20N2O6S/c1-10-3-5-12(6-4-10)7-14(23)20-15-17(24)21-16(19(25)26)13(8-27-11(2)22)9-28-18(15)21/h3-6,15,18H,7-9H2,1-2H3,(H,20,23)(H,25,26)/t15-,18-/m1/s1. The van der Waals surface area contributed by atoms with Crippen molar-refractivity contribution >= 4 is 35.5 Å². The Bertz CT molecular complexity index is 864. The monoisotopic (exact) mass is 404 g/mol. The summed E-state index contributed by atoms with van der Waals surface area (Å²) in [4.78, 5) is 48.6. The second kappa shape index (κ2) is 8.05. The molecule has 2 aliphatic rings. The molecule has 0 aromatic heterocycles. The topological polar surface area (TPSA) is 113 Å². The Morgan fingerprint density at radius 3 is 2.57 bits per heavy atom. The number of esters is 1. The normalized spacial score (nSPS) is 20.9. The van der Waals surface area contributed by atoms with Crippen LogP contribution in [0.25, 0.3) is 0 Å². The first kappa shape index (κ1) is 19.9. The Balaban J connectivity index is 1.67. The van der Waals surface area contributed by atoms with Gasteiger partial charge in [0.25, 0.3) is 5.91 Å². The Morgan fingerprint density at radius 1 is 1.29 bits per heavy atom. The van der Waals surface area contributed by atoms with E-state index in [0.717, 1.165) is 16.0 Å². The van der Waals surface area contributed by atoms with E-state index in [0.29, 0.717) is 11.3 Å². The van der Waals surface area contributed by atoms with Crippen LogP contribution >= 0.6 is 11.8 Å². The van der Waals surface area contributed by atoms with Crippen LogP contribution < -0.4 is 5.32 Å². The summed E-state index contributed by atoms with van der Waals surface area (Å²) in [7, 11) is 0. The third-order valence-corrected chi connectivity index (χ3v) is 5.84. The largest absolute Gasteiger partial charge is 0.477 e. The lowest BCUT2D eigenvalue weighted by molar-refractivity contribution is -0.151. The van der Waals surface area contributed by atoms with Crippen molar-refractivity contribution in [3.05, 3.63) is 46.7 Å². The van der Waals surface area contributed by atoms with Crippen LogP contribution in [-0.2, 0) is 30.3 Å². The van der Waals surface area contributed by atoms with Gasteiger partial charge >= 0.3 is 11.9 Å². The van der Waals surface area contributed by atoms with Crippen LogP contribution in [0.1, 0.15) is 18.1 Å². The van der Waals surface area contributed by atoms with Gasteiger partial charge in [0.15, 0.2) is 0 Å². The van der Waals surface area contributed by atoms with Crippen LogP contribution in [0, 0.1) is 6.92 Å². The molecule has 2 heterocycles. The fraction of sp³-hybridized carbons (Fsp3) is 0.368. The van der Waals surface area contributed by atoms with Crippen LogP contribution in [0.3, 0.4) is 0 Å². The molecular weight excluding hydrogens is 384 g/mol.